The third-order valence-electron chi connectivity index (χ3n) is 5.06. The van der Waals surface area contributed by atoms with Gasteiger partial charge in [-0.15, -0.1) is 0 Å². The first-order chi connectivity index (χ1) is 8.67. The lowest BCUT2D eigenvalue weighted by Gasteiger charge is -2.43. The molecule has 0 bridgehead atoms. The quantitative estimate of drug-likeness (QED) is 0.808. The molecular weight excluding hydrogens is 220 g/mol. The number of hydrogen-bond donors (Lipinski definition) is 1. The van der Waals surface area contributed by atoms with Gasteiger partial charge in [0, 0.05) is 19.1 Å². The molecule has 0 radical (unpaired) electrons. The molecule has 0 saturated carbocycles. The highest BCUT2D eigenvalue weighted by molar-refractivity contribution is 4.92. The Morgan fingerprint density at radius 1 is 1.33 bits per heavy atom. The van der Waals surface area contributed by atoms with Crippen molar-refractivity contribution in [2.75, 3.05) is 26.2 Å². The zero-order chi connectivity index (χ0) is 13.0. The van der Waals surface area contributed by atoms with Crippen LogP contribution in [0.1, 0.15) is 59.3 Å². The molecule has 2 atom stereocenters. The molecule has 2 saturated heterocycles. The van der Waals surface area contributed by atoms with Gasteiger partial charge in [0.05, 0.1) is 0 Å². The van der Waals surface area contributed by atoms with E-state index in [1.54, 1.807) is 0 Å². The van der Waals surface area contributed by atoms with E-state index in [0.717, 1.165) is 12.0 Å². The van der Waals surface area contributed by atoms with E-state index >= 15 is 0 Å². The predicted octanol–water partition coefficient (Wildman–Crippen LogP) is 3.28. The molecule has 1 N–H and O–H groups in total. The fourth-order valence-corrected chi connectivity index (χ4v) is 4.22. The number of nitrogens with zero attached hydrogens (tertiary/aromatic N) is 1. The molecule has 2 aliphatic heterocycles. The third kappa shape index (κ3) is 3.27. The Balaban J connectivity index is 1.99. The van der Waals surface area contributed by atoms with Gasteiger partial charge in [0.25, 0.3) is 0 Å². The van der Waals surface area contributed by atoms with Crippen LogP contribution in [0.5, 0.6) is 0 Å². The van der Waals surface area contributed by atoms with E-state index in [4.69, 9.17) is 0 Å². The van der Waals surface area contributed by atoms with Crippen LogP contribution in [0.15, 0.2) is 0 Å². The number of hydrogen-bond acceptors (Lipinski definition) is 2. The summed E-state index contributed by atoms with van der Waals surface area (Å²) >= 11 is 0. The van der Waals surface area contributed by atoms with Gasteiger partial charge in [0.1, 0.15) is 0 Å². The van der Waals surface area contributed by atoms with E-state index in [2.05, 4.69) is 31.0 Å². The maximum Gasteiger partial charge on any atom is 0.0119 e. The van der Waals surface area contributed by atoms with Gasteiger partial charge in [0.15, 0.2) is 0 Å². The number of piperidine rings is 1. The molecule has 2 aliphatic rings. The second kappa shape index (κ2) is 6.38. The van der Waals surface area contributed by atoms with Crippen LogP contribution >= 0.6 is 0 Å². The summed E-state index contributed by atoms with van der Waals surface area (Å²) in [5.41, 5.74) is 0.574. The molecule has 2 heteroatoms. The average Bonchev–Trinajstić information content (AvgIpc) is 2.78. The summed E-state index contributed by atoms with van der Waals surface area (Å²) in [7, 11) is 0. The molecule has 0 amide bonds. The van der Waals surface area contributed by atoms with E-state index in [0.29, 0.717) is 5.41 Å². The van der Waals surface area contributed by atoms with Crippen LogP contribution in [0.25, 0.3) is 0 Å². The SMILES string of the molecule is CCCC1(CN2CCCC2C(C)C)CCCNC1. The van der Waals surface area contributed by atoms with E-state index in [-0.39, 0.29) is 0 Å². The zero-order valence-corrected chi connectivity index (χ0v) is 12.7. The first kappa shape index (κ1) is 14.3. The zero-order valence-electron chi connectivity index (χ0n) is 12.7. The van der Waals surface area contributed by atoms with Gasteiger partial charge < -0.3 is 5.32 Å². The molecule has 0 spiro atoms. The van der Waals surface area contributed by atoms with Crippen molar-refractivity contribution in [1.82, 2.24) is 10.2 Å². The van der Waals surface area contributed by atoms with E-state index in [1.807, 2.05) is 0 Å². The summed E-state index contributed by atoms with van der Waals surface area (Å²) in [4.78, 5) is 2.81. The van der Waals surface area contributed by atoms with Crippen molar-refractivity contribution in [3.63, 3.8) is 0 Å². The van der Waals surface area contributed by atoms with Gasteiger partial charge in [-0.05, 0) is 56.5 Å². The van der Waals surface area contributed by atoms with Crippen LogP contribution in [0, 0.1) is 11.3 Å². The summed E-state index contributed by atoms with van der Waals surface area (Å²) in [6.07, 6.45) is 8.39. The molecule has 106 valence electrons. The van der Waals surface area contributed by atoms with Gasteiger partial charge >= 0.3 is 0 Å². The van der Waals surface area contributed by atoms with Crippen molar-refractivity contribution in [2.45, 2.75) is 65.3 Å². The van der Waals surface area contributed by atoms with Crippen molar-refractivity contribution < 1.29 is 0 Å². The van der Waals surface area contributed by atoms with Crippen molar-refractivity contribution in [1.29, 1.82) is 0 Å². The van der Waals surface area contributed by atoms with E-state index in [1.165, 1.54) is 64.7 Å². The van der Waals surface area contributed by atoms with E-state index in [9.17, 15) is 0 Å². The Bertz CT molecular complexity index is 238. The monoisotopic (exact) mass is 252 g/mol. The lowest BCUT2D eigenvalue weighted by atomic mass is 9.76. The molecule has 0 aromatic rings. The van der Waals surface area contributed by atoms with Crippen LogP contribution in [0.4, 0.5) is 0 Å². The van der Waals surface area contributed by atoms with Crippen molar-refractivity contribution in [2.24, 2.45) is 11.3 Å². The van der Waals surface area contributed by atoms with Crippen LogP contribution in [-0.4, -0.2) is 37.1 Å². The average molecular weight is 252 g/mol. The van der Waals surface area contributed by atoms with Gasteiger partial charge in [0.2, 0.25) is 0 Å². The molecule has 0 aromatic heterocycles. The predicted molar refractivity (Wildman–Crippen MR) is 78.9 cm³/mol. The number of nitrogens with one attached hydrogen (secondary N) is 1. The summed E-state index contributed by atoms with van der Waals surface area (Å²) in [5.74, 6) is 0.822. The Labute approximate surface area is 114 Å². The van der Waals surface area contributed by atoms with Crippen molar-refractivity contribution in [3.8, 4) is 0 Å². The number of rotatable bonds is 5. The Kier molecular flexibility index (Phi) is 5.08. The lowest BCUT2D eigenvalue weighted by Crippen LogP contribution is -2.49. The first-order valence-corrected chi connectivity index (χ1v) is 8.12. The first-order valence-electron chi connectivity index (χ1n) is 8.12. The minimum Gasteiger partial charge on any atom is -0.316 e. The Morgan fingerprint density at radius 2 is 2.17 bits per heavy atom. The smallest absolute Gasteiger partial charge is 0.0119 e. The standard InChI is InChI=1S/C16H32N2/c1-4-8-16(9-6-10-17-12-16)13-18-11-5-7-15(18)14(2)3/h14-15,17H,4-13H2,1-3H3. The molecule has 0 aromatic carbocycles. The molecule has 18 heavy (non-hydrogen) atoms. The summed E-state index contributed by atoms with van der Waals surface area (Å²) in [6.45, 7) is 12.3. The molecule has 2 fully saturated rings. The summed E-state index contributed by atoms with van der Waals surface area (Å²) < 4.78 is 0. The van der Waals surface area contributed by atoms with Crippen molar-refractivity contribution >= 4 is 0 Å². The maximum absolute atomic E-state index is 3.65. The molecule has 2 unspecified atom stereocenters. The molecule has 2 heterocycles. The third-order valence-corrected chi connectivity index (χ3v) is 5.06. The van der Waals surface area contributed by atoms with Crippen LogP contribution < -0.4 is 5.32 Å². The van der Waals surface area contributed by atoms with Gasteiger partial charge in [-0.1, -0.05) is 27.2 Å². The topological polar surface area (TPSA) is 15.3 Å². The summed E-state index contributed by atoms with van der Waals surface area (Å²) in [5, 5.41) is 3.65. The highest BCUT2D eigenvalue weighted by Gasteiger charge is 2.37. The minimum absolute atomic E-state index is 0.574. The van der Waals surface area contributed by atoms with Crippen molar-refractivity contribution in [3.05, 3.63) is 0 Å². The second-order valence-corrected chi connectivity index (χ2v) is 6.95. The summed E-state index contributed by atoms with van der Waals surface area (Å²) in [6, 6.07) is 0.848. The molecule has 2 rings (SSSR count). The second-order valence-electron chi connectivity index (χ2n) is 6.95. The highest BCUT2D eigenvalue weighted by Crippen LogP contribution is 2.36. The number of likely N-dealkylation sites (tertiary alicyclic amines) is 1. The molecule has 0 aliphatic carbocycles. The molecular formula is C16H32N2. The highest BCUT2D eigenvalue weighted by atomic mass is 15.2. The Hall–Kier alpha value is -0.0800. The van der Waals surface area contributed by atoms with Gasteiger partial charge in [-0.25, -0.2) is 0 Å². The van der Waals surface area contributed by atoms with Crippen LogP contribution in [-0.2, 0) is 0 Å². The van der Waals surface area contributed by atoms with E-state index < -0.39 is 0 Å². The normalized spacial score (nSPS) is 34.3. The van der Waals surface area contributed by atoms with Crippen LogP contribution in [0.2, 0.25) is 0 Å². The van der Waals surface area contributed by atoms with Gasteiger partial charge in [-0.2, -0.15) is 0 Å². The minimum atomic E-state index is 0.574. The fraction of sp³-hybridized carbons (Fsp3) is 1.00. The fourth-order valence-electron chi connectivity index (χ4n) is 4.22. The maximum atomic E-state index is 3.65. The largest absolute Gasteiger partial charge is 0.316 e. The Morgan fingerprint density at radius 3 is 2.78 bits per heavy atom. The van der Waals surface area contributed by atoms with Crippen LogP contribution in [0.3, 0.4) is 0 Å². The van der Waals surface area contributed by atoms with Gasteiger partial charge in [-0.3, -0.25) is 4.90 Å². The lowest BCUT2D eigenvalue weighted by molar-refractivity contribution is 0.0850. The molecule has 2 nitrogen and oxygen atoms in total.